The van der Waals surface area contributed by atoms with Gasteiger partial charge in [-0.25, -0.2) is 13.8 Å². The zero-order valence-electron chi connectivity index (χ0n) is 12.1. The Balaban J connectivity index is 2.18. The molecule has 11 heteroatoms. The molecule has 3 heterocycles. The minimum atomic E-state index is -2.74. The normalized spacial score (nSPS) is 29.6. The number of alkyl halides is 2. The van der Waals surface area contributed by atoms with Crippen molar-refractivity contribution in [2.24, 2.45) is 0 Å². The van der Waals surface area contributed by atoms with Crippen LogP contribution in [0.15, 0.2) is 11.1 Å². The predicted molar refractivity (Wildman–Crippen MR) is 77.2 cm³/mol. The van der Waals surface area contributed by atoms with Gasteiger partial charge >= 0.3 is 0 Å². The number of rotatable bonds is 2. The average Bonchev–Trinajstić information content (AvgIpc) is 3.06. The summed E-state index contributed by atoms with van der Waals surface area (Å²) in [5.41, 5.74) is 1.85. The topological polar surface area (TPSA) is 139 Å². The Morgan fingerprint density at radius 3 is 3.00 bits per heavy atom. The maximum Gasteiger partial charge on any atom is 0.280 e. The Bertz CT molecular complexity index is 888. The monoisotopic (exact) mass is 341 g/mol. The van der Waals surface area contributed by atoms with E-state index in [2.05, 4.69) is 15.0 Å². The fourth-order valence-corrected chi connectivity index (χ4v) is 2.59. The summed E-state index contributed by atoms with van der Waals surface area (Å²) in [6.07, 6.45) is -3.69. The molecule has 5 N–H and O–H groups in total. The van der Waals surface area contributed by atoms with Crippen molar-refractivity contribution in [3.8, 4) is 11.8 Å². The SMILES string of the molecule is Nc1nc2c(ncn2[C@@H]2O[C@H](CO)[C@H](O)C2(F)C#CCF)c(=O)[nH]1. The Morgan fingerprint density at radius 1 is 1.58 bits per heavy atom. The van der Waals surface area contributed by atoms with Gasteiger partial charge in [0.15, 0.2) is 17.4 Å². The summed E-state index contributed by atoms with van der Waals surface area (Å²) in [6.45, 7) is -1.83. The van der Waals surface area contributed by atoms with Gasteiger partial charge in [-0.15, -0.1) is 0 Å². The lowest BCUT2D eigenvalue weighted by atomic mass is 9.96. The Labute approximate surface area is 133 Å². The third kappa shape index (κ3) is 2.32. The minimum absolute atomic E-state index is 0.101. The fourth-order valence-electron chi connectivity index (χ4n) is 2.59. The molecule has 1 unspecified atom stereocenters. The molecule has 0 spiro atoms. The summed E-state index contributed by atoms with van der Waals surface area (Å²) in [5, 5.41) is 19.3. The van der Waals surface area contributed by atoms with Crippen LogP contribution in [0.1, 0.15) is 6.23 Å². The van der Waals surface area contributed by atoms with Crippen molar-refractivity contribution >= 4 is 17.1 Å². The minimum Gasteiger partial charge on any atom is -0.394 e. The van der Waals surface area contributed by atoms with Crippen LogP contribution in [0.4, 0.5) is 14.7 Å². The summed E-state index contributed by atoms with van der Waals surface area (Å²) < 4.78 is 33.9. The van der Waals surface area contributed by atoms with Crippen LogP contribution in [0.25, 0.3) is 11.2 Å². The van der Waals surface area contributed by atoms with E-state index in [1.54, 1.807) is 0 Å². The van der Waals surface area contributed by atoms with Crippen LogP contribution in [-0.2, 0) is 4.74 Å². The first-order valence-corrected chi connectivity index (χ1v) is 6.84. The van der Waals surface area contributed by atoms with Crippen LogP contribution in [0.5, 0.6) is 0 Å². The van der Waals surface area contributed by atoms with Crippen LogP contribution in [-0.4, -0.2) is 60.9 Å². The number of halogens is 2. The maximum absolute atomic E-state index is 15.3. The third-order valence-electron chi connectivity index (χ3n) is 3.68. The number of H-pyrrole nitrogens is 1. The molecular weight excluding hydrogens is 328 g/mol. The molecule has 1 aliphatic heterocycles. The van der Waals surface area contributed by atoms with E-state index < -0.39 is 42.9 Å². The molecular formula is C13H13F2N5O4. The van der Waals surface area contributed by atoms with Crippen LogP contribution in [0.2, 0.25) is 0 Å². The summed E-state index contributed by atoms with van der Waals surface area (Å²) >= 11 is 0. The second kappa shape index (κ2) is 5.82. The fraction of sp³-hybridized carbons (Fsp3) is 0.462. The van der Waals surface area contributed by atoms with Crippen LogP contribution in [0.3, 0.4) is 0 Å². The number of nitrogen functional groups attached to an aromatic ring is 1. The van der Waals surface area contributed by atoms with Crippen LogP contribution >= 0.6 is 0 Å². The summed E-state index contributed by atoms with van der Waals surface area (Å²) in [4.78, 5) is 21.7. The summed E-state index contributed by atoms with van der Waals surface area (Å²) in [7, 11) is 0. The summed E-state index contributed by atoms with van der Waals surface area (Å²) in [6, 6.07) is 0. The van der Waals surface area contributed by atoms with Gasteiger partial charge in [0.25, 0.3) is 5.56 Å². The number of ether oxygens (including phenoxy) is 1. The van der Waals surface area contributed by atoms with Crippen molar-refractivity contribution in [2.45, 2.75) is 24.1 Å². The number of fused-ring (bicyclic) bond motifs is 1. The number of hydrogen-bond donors (Lipinski definition) is 4. The zero-order chi connectivity index (χ0) is 17.5. The molecule has 0 radical (unpaired) electrons. The first-order valence-electron chi connectivity index (χ1n) is 6.84. The second-order valence-corrected chi connectivity index (χ2v) is 5.13. The van der Waals surface area contributed by atoms with Crippen LogP contribution in [0, 0.1) is 11.8 Å². The largest absolute Gasteiger partial charge is 0.394 e. The molecule has 24 heavy (non-hydrogen) atoms. The van der Waals surface area contributed by atoms with Crippen LogP contribution < -0.4 is 11.3 Å². The first-order chi connectivity index (χ1) is 11.4. The number of nitrogens with zero attached hydrogens (tertiary/aromatic N) is 3. The molecule has 1 fully saturated rings. The van der Waals surface area contributed by atoms with Crippen molar-refractivity contribution in [2.75, 3.05) is 19.0 Å². The van der Waals surface area contributed by atoms with Crippen molar-refractivity contribution < 1.29 is 23.7 Å². The quantitative estimate of drug-likeness (QED) is 0.494. The molecule has 128 valence electrons. The van der Waals surface area contributed by atoms with E-state index in [0.29, 0.717) is 0 Å². The Kier molecular flexibility index (Phi) is 3.96. The summed E-state index contributed by atoms with van der Waals surface area (Å²) in [5.74, 6) is 3.66. The molecule has 0 amide bonds. The van der Waals surface area contributed by atoms with Crippen molar-refractivity contribution in [3.63, 3.8) is 0 Å². The van der Waals surface area contributed by atoms with E-state index in [4.69, 9.17) is 10.5 Å². The molecule has 0 saturated carbocycles. The second-order valence-electron chi connectivity index (χ2n) is 5.13. The predicted octanol–water partition coefficient (Wildman–Crippen LogP) is -1.37. The zero-order valence-corrected chi connectivity index (χ0v) is 12.1. The number of aromatic amines is 1. The molecule has 9 nitrogen and oxygen atoms in total. The van der Waals surface area contributed by atoms with E-state index in [0.717, 1.165) is 10.9 Å². The number of aromatic nitrogens is 4. The Hall–Kier alpha value is -2.55. The molecule has 4 atom stereocenters. The van der Waals surface area contributed by atoms with E-state index in [9.17, 15) is 19.4 Å². The van der Waals surface area contributed by atoms with Gasteiger partial charge in [-0.05, 0) is 0 Å². The number of hydrogen-bond acceptors (Lipinski definition) is 7. The number of nitrogens with two attached hydrogens (primary N) is 1. The van der Waals surface area contributed by atoms with E-state index in [-0.39, 0.29) is 17.1 Å². The van der Waals surface area contributed by atoms with E-state index >= 15 is 4.39 Å². The van der Waals surface area contributed by atoms with Crippen molar-refractivity contribution in [3.05, 3.63) is 16.7 Å². The maximum atomic E-state index is 15.3. The van der Waals surface area contributed by atoms with E-state index in [1.807, 2.05) is 11.8 Å². The molecule has 2 aromatic heterocycles. The van der Waals surface area contributed by atoms with Gasteiger partial charge in [-0.3, -0.25) is 14.3 Å². The third-order valence-corrected chi connectivity index (χ3v) is 3.68. The van der Waals surface area contributed by atoms with E-state index in [1.165, 1.54) is 0 Å². The highest BCUT2D eigenvalue weighted by atomic mass is 19.1. The van der Waals surface area contributed by atoms with Gasteiger partial charge in [-0.2, -0.15) is 4.98 Å². The lowest BCUT2D eigenvalue weighted by Gasteiger charge is -2.23. The highest BCUT2D eigenvalue weighted by molar-refractivity contribution is 5.70. The lowest BCUT2D eigenvalue weighted by molar-refractivity contribution is -0.0504. The molecule has 1 saturated heterocycles. The standard InChI is InChI=1S/C13H13F2N5O4/c14-3-1-2-13(15)8(22)6(4-21)24-11(13)20-5-17-7-9(20)18-12(16)19-10(7)23/h5-6,8,11,21-22H,3-4H2,(H3,16,18,19,23)/t6-,8+,11-,13?/m1/s1. The van der Waals surface area contributed by atoms with Gasteiger partial charge in [0.2, 0.25) is 11.6 Å². The number of anilines is 1. The molecule has 0 aliphatic carbocycles. The average molecular weight is 341 g/mol. The number of imidazole rings is 1. The highest BCUT2D eigenvalue weighted by Gasteiger charge is 2.57. The highest BCUT2D eigenvalue weighted by Crippen LogP contribution is 2.42. The molecule has 0 bridgehead atoms. The molecule has 2 aromatic rings. The first kappa shape index (κ1) is 16.3. The van der Waals surface area contributed by atoms with Gasteiger partial charge in [0.05, 0.1) is 12.9 Å². The van der Waals surface area contributed by atoms with Gasteiger partial charge in [0, 0.05) is 0 Å². The van der Waals surface area contributed by atoms with Crippen molar-refractivity contribution in [1.29, 1.82) is 0 Å². The number of nitrogens with one attached hydrogen (secondary N) is 1. The lowest BCUT2D eigenvalue weighted by Crippen LogP contribution is -2.42. The molecule has 3 rings (SSSR count). The van der Waals surface area contributed by atoms with Gasteiger partial charge < -0.3 is 20.7 Å². The number of aliphatic hydroxyl groups is 2. The smallest absolute Gasteiger partial charge is 0.280 e. The Morgan fingerprint density at radius 2 is 2.33 bits per heavy atom. The molecule has 0 aromatic carbocycles. The molecule has 1 aliphatic rings. The van der Waals surface area contributed by atoms with Gasteiger partial charge in [0.1, 0.15) is 18.9 Å². The van der Waals surface area contributed by atoms with Crippen molar-refractivity contribution in [1.82, 2.24) is 19.5 Å². The number of aliphatic hydroxyl groups excluding tert-OH is 2. The van der Waals surface area contributed by atoms with Gasteiger partial charge in [-0.1, -0.05) is 11.8 Å².